The fourth-order valence-corrected chi connectivity index (χ4v) is 15.0. The van der Waals surface area contributed by atoms with Crippen molar-refractivity contribution in [3.63, 3.8) is 0 Å². The molecule has 2 N–H and O–H groups in total. The van der Waals surface area contributed by atoms with Crippen LogP contribution in [-0.4, -0.2) is 30.1 Å². The summed E-state index contributed by atoms with van der Waals surface area (Å²) in [5.74, 6) is 3.55. The molecule has 14 aromatic rings. The number of hydrogen-bond donors (Lipinski definition) is 2. The van der Waals surface area contributed by atoms with Gasteiger partial charge >= 0.3 is 0 Å². The summed E-state index contributed by atoms with van der Waals surface area (Å²) < 4.78 is 13.1. The fourth-order valence-electron chi connectivity index (χ4n) is 15.0. The maximum atomic E-state index is 11.1. The summed E-state index contributed by atoms with van der Waals surface area (Å²) in [6.45, 7) is 27.1. The van der Waals surface area contributed by atoms with Gasteiger partial charge in [-0.05, 0) is 174 Å². The zero-order chi connectivity index (χ0) is 73.9. The van der Waals surface area contributed by atoms with Gasteiger partial charge in [-0.15, -0.1) is 35.4 Å². The number of rotatable bonds is 10. The number of phenolic OH excluding ortho intramolecular Hbond substituents is 2. The van der Waals surface area contributed by atoms with Crippen molar-refractivity contribution in [3.05, 3.63) is 371 Å². The van der Waals surface area contributed by atoms with Crippen LogP contribution in [-0.2, 0) is 53.6 Å². The number of benzene rings is 10. The van der Waals surface area contributed by atoms with Gasteiger partial charge in [0.25, 0.3) is 0 Å². The van der Waals surface area contributed by atoms with E-state index in [4.69, 9.17) is 29.4 Å². The van der Waals surface area contributed by atoms with Gasteiger partial charge in [0, 0.05) is 72.4 Å². The third-order valence-electron chi connectivity index (χ3n) is 20.8. The van der Waals surface area contributed by atoms with E-state index in [2.05, 4.69) is 259 Å². The summed E-state index contributed by atoms with van der Waals surface area (Å²) in [6, 6.07) is 101. The van der Waals surface area contributed by atoms with Crippen LogP contribution in [0.15, 0.2) is 298 Å². The Balaban J connectivity index is 0.000000178. The molecule has 2 aliphatic heterocycles. The number of nitrogens with zero attached hydrogens (tertiary/aromatic N) is 4. The van der Waals surface area contributed by atoms with E-state index in [0.29, 0.717) is 22.5 Å². The quantitative estimate of drug-likeness (QED) is 0.130. The standard InChI is InChI=1S/C49H44N2O2.C49H43N2O2.Pt/c2*1-47(2,3)36-27-33(28-37(31-36)48(4,5)6)34-29-41(51-42(30-34)38-18-7-10-21-43(38)52)32-16-15-17-35(26-32)49(46-24-13-14-25-50-46)39-19-8-11-22-44(39)53-45-23-12-9-20-40(45)49;/h7-31,52H,1-6H3;7-25,27-31,52H,1-6H3;/q;-1;. The average molecular weight is 1580 g/mol. The first-order chi connectivity index (χ1) is 50.8. The molecule has 107 heavy (non-hydrogen) atoms. The molecule has 9 heteroatoms. The summed E-state index contributed by atoms with van der Waals surface area (Å²) >= 11 is 0. The monoisotopic (exact) mass is 1580 g/mol. The van der Waals surface area contributed by atoms with E-state index in [9.17, 15) is 10.2 Å². The smallest absolute Gasteiger partial charge is 0.132 e. The summed E-state index contributed by atoms with van der Waals surface area (Å²) in [5, 5.41) is 22.2. The Morgan fingerprint density at radius 3 is 1.08 bits per heavy atom. The minimum Gasteiger partial charge on any atom is -0.507 e. The van der Waals surface area contributed by atoms with E-state index in [1.165, 1.54) is 22.3 Å². The average Bonchev–Trinajstić information content (AvgIpc) is 0.712. The third-order valence-corrected chi connectivity index (χ3v) is 20.8. The van der Waals surface area contributed by atoms with E-state index in [1.807, 2.05) is 116 Å². The second kappa shape index (κ2) is 28.5. The normalized spacial score (nSPS) is 13.3. The first-order valence-corrected chi connectivity index (χ1v) is 36.5. The van der Waals surface area contributed by atoms with Gasteiger partial charge in [-0.25, -0.2) is 4.98 Å². The van der Waals surface area contributed by atoms with Crippen molar-refractivity contribution in [3.8, 4) is 102 Å². The van der Waals surface area contributed by atoms with Crippen molar-refractivity contribution >= 4 is 0 Å². The number of hydrogen-bond acceptors (Lipinski definition) is 8. The fraction of sp³-hybridized carbons (Fsp3) is 0.184. The van der Waals surface area contributed by atoms with E-state index in [0.717, 1.165) is 113 Å². The van der Waals surface area contributed by atoms with Crippen LogP contribution in [0.4, 0.5) is 0 Å². The topological polar surface area (TPSA) is 110 Å². The van der Waals surface area contributed by atoms with Gasteiger partial charge in [-0.1, -0.05) is 253 Å². The molecule has 10 aromatic carbocycles. The molecule has 0 fully saturated rings. The molecule has 0 saturated carbocycles. The van der Waals surface area contributed by atoms with Crippen LogP contribution >= 0.6 is 0 Å². The van der Waals surface area contributed by atoms with Crippen molar-refractivity contribution in [1.82, 2.24) is 19.9 Å². The van der Waals surface area contributed by atoms with E-state index >= 15 is 0 Å². The van der Waals surface area contributed by atoms with Crippen molar-refractivity contribution in [2.24, 2.45) is 0 Å². The summed E-state index contributed by atoms with van der Waals surface area (Å²) in [5.41, 5.74) is 21.5. The number of pyridine rings is 4. The van der Waals surface area contributed by atoms with Crippen LogP contribution < -0.4 is 9.47 Å². The molecule has 0 amide bonds. The van der Waals surface area contributed by atoms with Gasteiger partial charge in [0.2, 0.25) is 0 Å². The summed E-state index contributed by atoms with van der Waals surface area (Å²) in [6.07, 6.45) is 3.71. The number of aromatic nitrogens is 4. The molecule has 0 aliphatic carbocycles. The first-order valence-electron chi connectivity index (χ1n) is 36.5. The molecule has 0 saturated heterocycles. The van der Waals surface area contributed by atoms with Crippen molar-refractivity contribution in [2.45, 2.75) is 116 Å². The maximum Gasteiger partial charge on any atom is 0.132 e. The minimum absolute atomic E-state index is 0. The molecule has 0 unspecified atom stereocenters. The van der Waals surface area contributed by atoms with Crippen LogP contribution in [0.25, 0.3) is 67.3 Å². The molecule has 0 spiro atoms. The number of ether oxygens (including phenoxy) is 2. The Bertz CT molecular complexity index is 5140. The SMILES string of the molecule is CC(C)(C)c1cc(-c2cc(-c3[c-]c(C4(c5ccccn5)c5ccccc5Oc5ccccc54)ccc3)nc(-c3ccccc3O)c2)cc(C(C)(C)C)c1.CC(C)(C)c1cc(-c2cc(-c3cccc(C4(c5ccccn5)c5ccccc5Oc5ccccc54)c3)nc(-c3ccccc3O)c2)cc(C(C)(C)C)c1.[Pt]. The zero-order valence-corrected chi connectivity index (χ0v) is 64.9. The molecule has 4 aromatic heterocycles. The van der Waals surface area contributed by atoms with Crippen molar-refractivity contribution in [1.29, 1.82) is 0 Å². The van der Waals surface area contributed by atoms with E-state index < -0.39 is 10.8 Å². The second-order valence-corrected chi connectivity index (χ2v) is 32.1. The van der Waals surface area contributed by atoms with Crippen LogP contribution in [0.2, 0.25) is 0 Å². The Labute approximate surface area is 644 Å². The zero-order valence-electron chi connectivity index (χ0n) is 62.6. The molecule has 8 nitrogen and oxygen atoms in total. The van der Waals surface area contributed by atoms with Gasteiger partial charge in [0.1, 0.15) is 34.5 Å². The van der Waals surface area contributed by atoms with Crippen LogP contribution in [0.3, 0.4) is 0 Å². The van der Waals surface area contributed by atoms with Crippen LogP contribution in [0, 0.1) is 6.07 Å². The predicted molar refractivity (Wildman–Crippen MR) is 430 cm³/mol. The number of fused-ring (bicyclic) bond motifs is 4. The van der Waals surface area contributed by atoms with Crippen molar-refractivity contribution < 1.29 is 40.8 Å². The van der Waals surface area contributed by atoms with E-state index in [-0.39, 0.29) is 54.2 Å². The summed E-state index contributed by atoms with van der Waals surface area (Å²) in [7, 11) is 0. The van der Waals surface area contributed by atoms with Crippen LogP contribution in [0.1, 0.15) is 150 Å². The molecular formula is C98H87N4O4Pt-. The Morgan fingerprint density at radius 2 is 0.664 bits per heavy atom. The van der Waals surface area contributed by atoms with Crippen molar-refractivity contribution in [2.75, 3.05) is 0 Å². The number of para-hydroxylation sites is 6. The molecule has 534 valence electrons. The largest absolute Gasteiger partial charge is 0.507 e. The first kappa shape index (κ1) is 72.6. The third kappa shape index (κ3) is 13.8. The Hall–Kier alpha value is -11.3. The van der Waals surface area contributed by atoms with Gasteiger partial charge in [-0.2, -0.15) is 0 Å². The molecule has 0 bridgehead atoms. The van der Waals surface area contributed by atoms with E-state index in [1.54, 1.807) is 12.1 Å². The van der Waals surface area contributed by atoms with Gasteiger partial charge in [-0.3, -0.25) is 15.0 Å². The molecule has 6 heterocycles. The number of phenols is 2. The summed E-state index contributed by atoms with van der Waals surface area (Å²) in [4.78, 5) is 20.5. The van der Waals surface area contributed by atoms with Gasteiger partial charge in [0.05, 0.1) is 39.3 Å². The van der Waals surface area contributed by atoms with Crippen LogP contribution in [0.5, 0.6) is 34.5 Å². The number of aromatic hydroxyl groups is 2. The predicted octanol–water partition coefficient (Wildman–Crippen LogP) is 24.3. The molecule has 16 rings (SSSR count). The molecule has 2 aliphatic rings. The molecule has 0 radical (unpaired) electrons. The molecule has 0 atom stereocenters. The Kier molecular flexibility index (Phi) is 19.4. The van der Waals surface area contributed by atoms with Gasteiger partial charge < -0.3 is 19.7 Å². The van der Waals surface area contributed by atoms with Gasteiger partial charge in [0.15, 0.2) is 0 Å². The Morgan fingerprint density at radius 1 is 0.308 bits per heavy atom. The minimum atomic E-state index is -0.816. The maximum absolute atomic E-state index is 11.1. The molecular weight excluding hydrogens is 1490 g/mol. The second-order valence-electron chi connectivity index (χ2n) is 32.1.